The fraction of sp³-hybridized carbons (Fsp3) is 0.356. The molecule has 6 rings (SSSR count). The van der Waals surface area contributed by atoms with E-state index in [4.69, 9.17) is 0 Å². The van der Waals surface area contributed by atoms with Crippen molar-refractivity contribution in [2.45, 2.75) is 72.9 Å². The molecular formula is C45H52Cl2Zr. The van der Waals surface area contributed by atoms with Crippen molar-refractivity contribution in [2.75, 3.05) is 0 Å². The Hall–Kier alpha value is -2.31. The molecule has 2 aliphatic rings. The van der Waals surface area contributed by atoms with Crippen LogP contribution in [0.4, 0.5) is 0 Å². The van der Waals surface area contributed by atoms with Crippen LogP contribution >= 0.6 is 0 Å². The number of hydrogen-bond donors (Lipinski definition) is 0. The molecule has 2 aliphatic carbocycles. The van der Waals surface area contributed by atoms with Gasteiger partial charge in [0.05, 0.1) is 0 Å². The molecular weight excluding hydrogens is 703 g/mol. The third-order valence-corrected chi connectivity index (χ3v) is 18.8. The number of halogens is 2. The number of allylic oxidation sites excluding steroid dienone is 4. The predicted octanol–water partition coefficient (Wildman–Crippen LogP) is 6.07. The van der Waals surface area contributed by atoms with E-state index < -0.39 is 21.3 Å². The van der Waals surface area contributed by atoms with Gasteiger partial charge in [0, 0.05) is 0 Å². The fourth-order valence-electron chi connectivity index (χ4n) is 8.67. The summed E-state index contributed by atoms with van der Waals surface area (Å²) in [6.07, 6.45) is 0. The Bertz CT molecular complexity index is 1760. The average Bonchev–Trinajstić information content (AvgIpc) is 3.54. The largest absolute Gasteiger partial charge is 1.00 e. The summed E-state index contributed by atoms with van der Waals surface area (Å²) in [5, 5.41) is 0. The van der Waals surface area contributed by atoms with Gasteiger partial charge >= 0.3 is 288 Å². The molecule has 0 fully saturated rings. The van der Waals surface area contributed by atoms with Crippen LogP contribution in [0.15, 0.2) is 117 Å². The van der Waals surface area contributed by atoms with Crippen LogP contribution in [-0.4, -0.2) is 3.21 Å². The van der Waals surface area contributed by atoms with Gasteiger partial charge < -0.3 is 24.8 Å². The first-order chi connectivity index (χ1) is 22.0. The van der Waals surface area contributed by atoms with Crippen molar-refractivity contribution in [1.82, 2.24) is 0 Å². The third-order valence-electron chi connectivity index (χ3n) is 10.3. The SMILES string of the molecule is Cc1ccc2c(c1)[CH]([Zr+2]([C]1=C(C(C)C)C(C(C)C)=C(C(C)C)C1C(C)C)=[C](c1ccccc1)c1ccccc1)c1cc(C)ccc1-2.[Cl-].[Cl-]. The molecule has 1 unspecified atom stereocenters. The number of fused-ring (bicyclic) bond motifs is 3. The van der Waals surface area contributed by atoms with Crippen molar-refractivity contribution in [2.24, 2.45) is 29.6 Å². The Morgan fingerprint density at radius 2 is 0.979 bits per heavy atom. The Labute approximate surface area is 311 Å². The minimum Gasteiger partial charge on any atom is -1.00 e. The Morgan fingerprint density at radius 1 is 0.542 bits per heavy atom. The van der Waals surface area contributed by atoms with E-state index in [-0.39, 0.29) is 24.8 Å². The number of hydrogen-bond acceptors (Lipinski definition) is 0. The minimum atomic E-state index is -2.98. The van der Waals surface area contributed by atoms with Crippen molar-refractivity contribution in [3.8, 4) is 11.1 Å². The molecule has 3 heteroatoms. The van der Waals surface area contributed by atoms with Gasteiger partial charge in [0.2, 0.25) is 0 Å². The van der Waals surface area contributed by atoms with E-state index in [1.807, 2.05) is 3.28 Å². The zero-order valence-corrected chi connectivity index (χ0v) is 34.4. The van der Waals surface area contributed by atoms with Gasteiger partial charge in [-0.05, 0) is 0 Å². The van der Waals surface area contributed by atoms with E-state index in [0.717, 1.165) is 0 Å². The van der Waals surface area contributed by atoms with E-state index in [1.165, 1.54) is 33.4 Å². The summed E-state index contributed by atoms with van der Waals surface area (Å²) >= 11 is -2.98. The zero-order valence-electron chi connectivity index (χ0n) is 30.5. The topological polar surface area (TPSA) is 0 Å². The maximum Gasteiger partial charge on any atom is -1.00 e. The van der Waals surface area contributed by atoms with E-state index in [0.29, 0.717) is 33.2 Å². The molecule has 0 aliphatic heterocycles. The van der Waals surface area contributed by atoms with Gasteiger partial charge in [-0.3, -0.25) is 0 Å². The standard InChI is InChI=1S/C17H29.C15H13.C13H10.2ClH.Zr/c1-10(2)14-9-15(11(3)4)17(13(7)8)16(14)12(5)6;1-10-3-5-14-12(7-10)9-13-8-11(2)4-6-15(13)14;1-3-7-12(8-4-1)11-13-9-5-2-6-10-13;;;/h10-14H,1-8H3;3-9H,1-2H3;1-10H;2*1H;/q;;;;;+2/p-2. The molecule has 0 spiro atoms. The minimum absolute atomic E-state index is 0. The van der Waals surface area contributed by atoms with Crippen molar-refractivity contribution in [1.29, 1.82) is 0 Å². The second-order valence-corrected chi connectivity index (χ2v) is 21.0. The molecule has 0 amide bonds. The molecule has 48 heavy (non-hydrogen) atoms. The van der Waals surface area contributed by atoms with Crippen LogP contribution in [0, 0.1) is 43.4 Å². The summed E-state index contributed by atoms with van der Waals surface area (Å²) in [6, 6.07) is 37.6. The number of benzene rings is 4. The maximum absolute atomic E-state index is 2.98. The van der Waals surface area contributed by atoms with Gasteiger partial charge in [0.1, 0.15) is 0 Å². The average molecular weight is 755 g/mol. The van der Waals surface area contributed by atoms with Crippen molar-refractivity contribution in [3.63, 3.8) is 0 Å². The van der Waals surface area contributed by atoms with Crippen molar-refractivity contribution >= 4 is 3.21 Å². The molecule has 0 radical (unpaired) electrons. The molecule has 0 N–H and O–H groups in total. The van der Waals surface area contributed by atoms with Crippen LogP contribution in [0.5, 0.6) is 0 Å². The van der Waals surface area contributed by atoms with Crippen LogP contribution in [0.25, 0.3) is 11.1 Å². The quantitative estimate of drug-likeness (QED) is 0.205. The Balaban J connectivity index is 0.00000260. The van der Waals surface area contributed by atoms with Crippen LogP contribution in [0.1, 0.15) is 92.4 Å². The van der Waals surface area contributed by atoms with Crippen LogP contribution < -0.4 is 24.8 Å². The number of rotatable bonds is 8. The van der Waals surface area contributed by atoms with Crippen molar-refractivity contribution in [3.05, 3.63) is 150 Å². The third kappa shape index (κ3) is 6.87. The Kier molecular flexibility index (Phi) is 12.6. The molecule has 0 bridgehead atoms. The second kappa shape index (κ2) is 15.7. The smallest absolute Gasteiger partial charge is 1.00 e. The first-order valence-electron chi connectivity index (χ1n) is 17.6. The van der Waals surface area contributed by atoms with Crippen LogP contribution in [0.2, 0.25) is 0 Å². The number of aryl methyl sites for hydroxylation is 2. The van der Waals surface area contributed by atoms with Gasteiger partial charge in [-0.15, -0.1) is 0 Å². The fourth-order valence-corrected chi connectivity index (χ4v) is 19.6. The normalized spacial score (nSPS) is 15.5. The first-order valence-corrected chi connectivity index (χ1v) is 21.4. The summed E-state index contributed by atoms with van der Waals surface area (Å²) in [7, 11) is 0. The van der Waals surface area contributed by atoms with E-state index >= 15 is 0 Å². The van der Waals surface area contributed by atoms with Gasteiger partial charge in [-0.1, -0.05) is 0 Å². The van der Waals surface area contributed by atoms with Crippen molar-refractivity contribution < 1.29 is 46.1 Å². The van der Waals surface area contributed by atoms with E-state index in [2.05, 4.69) is 166 Å². The summed E-state index contributed by atoms with van der Waals surface area (Å²) in [5.41, 5.74) is 16.7. The maximum atomic E-state index is 2.55. The Morgan fingerprint density at radius 3 is 1.35 bits per heavy atom. The second-order valence-electron chi connectivity index (χ2n) is 15.0. The van der Waals surface area contributed by atoms with Gasteiger partial charge in [-0.25, -0.2) is 0 Å². The van der Waals surface area contributed by atoms with Gasteiger partial charge in [0.25, 0.3) is 0 Å². The molecule has 250 valence electrons. The van der Waals surface area contributed by atoms with Gasteiger partial charge in [0.15, 0.2) is 0 Å². The van der Waals surface area contributed by atoms with Crippen LogP contribution in [-0.2, 0) is 21.3 Å². The summed E-state index contributed by atoms with van der Waals surface area (Å²) in [4.78, 5) is 0. The summed E-state index contributed by atoms with van der Waals surface area (Å²) in [5.74, 6) is 2.52. The molecule has 1 atom stereocenters. The zero-order chi connectivity index (χ0) is 32.9. The molecule has 0 nitrogen and oxygen atoms in total. The van der Waals surface area contributed by atoms with Crippen LogP contribution in [0.3, 0.4) is 0 Å². The van der Waals surface area contributed by atoms with Gasteiger partial charge in [-0.2, -0.15) is 0 Å². The monoisotopic (exact) mass is 752 g/mol. The van der Waals surface area contributed by atoms with E-state index in [1.54, 1.807) is 31.1 Å². The molecule has 4 aromatic rings. The summed E-state index contributed by atoms with van der Waals surface area (Å²) in [6.45, 7) is 24.4. The molecule has 0 saturated carbocycles. The van der Waals surface area contributed by atoms with E-state index in [9.17, 15) is 0 Å². The predicted molar refractivity (Wildman–Crippen MR) is 196 cm³/mol. The first kappa shape index (κ1) is 38.5. The summed E-state index contributed by atoms with van der Waals surface area (Å²) < 4.78 is 3.93. The molecule has 0 saturated heterocycles. The molecule has 0 heterocycles. The molecule has 0 aromatic heterocycles. The molecule has 4 aromatic carbocycles.